The van der Waals surface area contributed by atoms with Crippen molar-refractivity contribution in [1.29, 1.82) is 0 Å². The highest BCUT2D eigenvalue weighted by atomic mass is 16.5. The minimum absolute atomic E-state index is 0.0162. The third kappa shape index (κ3) is 6.91. The number of carbonyl (C=O) groups excluding carboxylic acids is 2. The van der Waals surface area contributed by atoms with Crippen LogP contribution in [0.25, 0.3) is 0 Å². The maximum absolute atomic E-state index is 11.9. The van der Waals surface area contributed by atoms with Crippen molar-refractivity contribution in [1.82, 2.24) is 15.0 Å². The van der Waals surface area contributed by atoms with Gasteiger partial charge < -0.3 is 4.74 Å². The smallest absolute Gasteiger partial charge is 0.165 e. The summed E-state index contributed by atoms with van der Waals surface area (Å²) >= 11 is 0. The Morgan fingerprint density at radius 1 is 1.00 bits per heavy atom. The SMILES string of the molecule is CC(C)C(=O)CCCCCn1cc(COc2ccc(C(=O)C(C)C)cc2)nn1. The molecule has 0 unspecified atom stereocenters. The molecule has 6 heteroatoms. The van der Waals surface area contributed by atoms with Crippen molar-refractivity contribution in [2.45, 2.75) is 66.5 Å². The van der Waals surface area contributed by atoms with Crippen molar-refractivity contribution in [3.05, 3.63) is 41.7 Å². The molecule has 0 atom stereocenters. The van der Waals surface area contributed by atoms with Gasteiger partial charge in [-0.1, -0.05) is 39.3 Å². The first kappa shape index (κ1) is 21.8. The van der Waals surface area contributed by atoms with Crippen LogP contribution in [0.2, 0.25) is 0 Å². The van der Waals surface area contributed by atoms with Gasteiger partial charge in [0.25, 0.3) is 0 Å². The normalized spacial score (nSPS) is 11.2. The topological polar surface area (TPSA) is 74.1 Å². The van der Waals surface area contributed by atoms with Crippen LogP contribution in [0.3, 0.4) is 0 Å². The molecule has 0 aliphatic heterocycles. The highest BCUT2D eigenvalue weighted by Crippen LogP contribution is 2.16. The zero-order chi connectivity index (χ0) is 20.5. The van der Waals surface area contributed by atoms with Crippen LogP contribution in [-0.2, 0) is 17.9 Å². The highest BCUT2D eigenvalue weighted by molar-refractivity contribution is 5.97. The van der Waals surface area contributed by atoms with E-state index in [0.717, 1.165) is 31.5 Å². The van der Waals surface area contributed by atoms with Crippen LogP contribution in [0.5, 0.6) is 5.75 Å². The standard InChI is InChI=1S/C22H31N3O3/c1-16(2)21(26)8-6-5-7-13-25-14-19(23-24-25)15-28-20-11-9-18(10-12-20)22(27)17(3)4/h9-12,14,16-17H,5-8,13,15H2,1-4H3. The summed E-state index contributed by atoms with van der Waals surface area (Å²) < 4.78 is 7.54. The van der Waals surface area contributed by atoms with Crippen molar-refractivity contribution in [2.24, 2.45) is 11.8 Å². The first-order valence-corrected chi connectivity index (χ1v) is 10.1. The summed E-state index contributed by atoms with van der Waals surface area (Å²) in [5.74, 6) is 1.27. The van der Waals surface area contributed by atoms with E-state index in [1.165, 1.54) is 0 Å². The van der Waals surface area contributed by atoms with Gasteiger partial charge in [0.1, 0.15) is 23.8 Å². The molecule has 2 rings (SSSR count). The predicted molar refractivity (Wildman–Crippen MR) is 108 cm³/mol. The molecule has 0 aliphatic rings. The van der Waals surface area contributed by atoms with Gasteiger partial charge in [0.15, 0.2) is 5.78 Å². The second-order valence-electron chi connectivity index (χ2n) is 7.74. The van der Waals surface area contributed by atoms with Crippen LogP contribution in [0.4, 0.5) is 0 Å². The molecule has 0 fully saturated rings. The van der Waals surface area contributed by atoms with E-state index >= 15 is 0 Å². The number of carbonyl (C=O) groups is 2. The van der Waals surface area contributed by atoms with Gasteiger partial charge in [-0.25, -0.2) is 0 Å². The number of hydrogen-bond donors (Lipinski definition) is 0. The molecule has 0 spiro atoms. The Labute approximate surface area is 167 Å². The summed E-state index contributed by atoms with van der Waals surface area (Å²) in [4.78, 5) is 23.5. The molecule has 0 saturated carbocycles. The molecule has 6 nitrogen and oxygen atoms in total. The van der Waals surface area contributed by atoms with E-state index in [1.807, 2.05) is 38.6 Å². The van der Waals surface area contributed by atoms with Crippen molar-refractivity contribution in [3.8, 4) is 5.75 Å². The summed E-state index contributed by atoms with van der Waals surface area (Å²) in [6, 6.07) is 7.19. The summed E-state index contributed by atoms with van der Waals surface area (Å²) in [6.45, 7) is 8.79. The molecule has 28 heavy (non-hydrogen) atoms. The second-order valence-corrected chi connectivity index (χ2v) is 7.74. The maximum Gasteiger partial charge on any atom is 0.165 e. The van der Waals surface area contributed by atoms with Gasteiger partial charge in [-0.15, -0.1) is 5.10 Å². The number of Topliss-reactive ketones (excluding diaryl/α,β-unsaturated/α-hetero) is 2. The number of rotatable bonds is 12. The van der Waals surface area contributed by atoms with Gasteiger partial charge in [0.2, 0.25) is 0 Å². The van der Waals surface area contributed by atoms with Crippen LogP contribution in [0, 0.1) is 11.8 Å². The molecule has 2 aromatic rings. The fraction of sp³-hybridized carbons (Fsp3) is 0.545. The predicted octanol–water partition coefficient (Wildman–Crippen LogP) is 4.48. The molecule has 1 aromatic heterocycles. The lowest BCUT2D eigenvalue weighted by Crippen LogP contribution is -2.07. The van der Waals surface area contributed by atoms with Gasteiger partial charge in [-0.2, -0.15) is 0 Å². The molecule has 0 N–H and O–H groups in total. The average Bonchev–Trinajstić information content (AvgIpc) is 3.13. The zero-order valence-corrected chi connectivity index (χ0v) is 17.4. The van der Waals surface area contributed by atoms with E-state index in [1.54, 1.807) is 24.3 Å². The number of unbranched alkanes of at least 4 members (excludes halogenated alkanes) is 2. The molecule has 0 bridgehead atoms. The van der Waals surface area contributed by atoms with E-state index < -0.39 is 0 Å². The Kier molecular flexibility index (Phi) is 8.36. The van der Waals surface area contributed by atoms with Gasteiger partial charge in [-0.05, 0) is 37.1 Å². The average molecular weight is 386 g/mol. The van der Waals surface area contributed by atoms with E-state index in [0.29, 0.717) is 30.1 Å². The number of ether oxygens (including phenoxy) is 1. The molecular formula is C22H31N3O3. The van der Waals surface area contributed by atoms with E-state index in [-0.39, 0.29) is 17.6 Å². The first-order valence-electron chi connectivity index (χ1n) is 10.1. The number of aryl methyl sites for hydroxylation is 1. The molecular weight excluding hydrogens is 354 g/mol. The minimum Gasteiger partial charge on any atom is -0.487 e. The molecule has 0 radical (unpaired) electrons. The van der Waals surface area contributed by atoms with Crippen LogP contribution in [0.1, 0.15) is 69.4 Å². The largest absolute Gasteiger partial charge is 0.487 e. The van der Waals surface area contributed by atoms with Crippen LogP contribution in [-0.4, -0.2) is 26.6 Å². The number of benzene rings is 1. The maximum atomic E-state index is 11.9. The second kappa shape index (κ2) is 10.7. The number of hydrogen-bond acceptors (Lipinski definition) is 5. The molecule has 152 valence electrons. The van der Waals surface area contributed by atoms with Gasteiger partial charge in [0.05, 0.1) is 6.20 Å². The fourth-order valence-electron chi connectivity index (χ4n) is 2.76. The van der Waals surface area contributed by atoms with E-state index in [4.69, 9.17) is 4.74 Å². The van der Waals surface area contributed by atoms with Crippen molar-refractivity contribution in [2.75, 3.05) is 0 Å². The van der Waals surface area contributed by atoms with Gasteiger partial charge in [-0.3, -0.25) is 14.3 Å². The number of aromatic nitrogens is 3. The third-order valence-corrected chi connectivity index (χ3v) is 4.59. The van der Waals surface area contributed by atoms with Crippen molar-refractivity contribution < 1.29 is 14.3 Å². The Bertz CT molecular complexity index is 764. The Hall–Kier alpha value is -2.50. The van der Waals surface area contributed by atoms with Gasteiger partial charge >= 0.3 is 0 Å². The Balaban J connectivity index is 1.71. The molecule has 1 heterocycles. The zero-order valence-electron chi connectivity index (χ0n) is 17.4. The lowest BCUT2D eigenvalue weighted by Gasteiger charge is -2.07. The Morgan fingerprint density at radius 2 is 1.71 bits per heavy atom. The molecule has 1 aromatic carbocycles. The van der Waals surface area contributed by atoms with Crippen LogP contribution < -0.4 is 4.74 Å². The monoisotopic (exact) mass is 385 g/mol. The molecule has 0 amide bonds. The van der Waals surface area contributed by atoms with Crippen LogP contribution >= 0.6 is 0 Å². The third-order valence-electron chi connectivity index (χ3n) is 4.59. The van der Waals surface area contributed by atoms with Crippen molar-refractivity contribution >= 4 is 11.6 Å². The number of ketones is 2. The van der Waals surface area contributed by atoms with Gasteiger partial charge in [0, 0.05) is 30.4 Å². The van der Waals surface area contributed by atoms with E-state index in [2.05, 4.69) is 10.3 Å². The molecule has 0 aliphatic carbocycles. The first-order chi connectivity index (χ1) is 13.4. The van der Waals surface area contributed by atoms with Crippen LogP contribution in [0.15, 0.2) is 30.5 Å². The quantitative estimate of drug-likeness (QED) is 0.398. The minimum atomic E-state index is -0.0162. The summed E-state index contributed by atoms with van der Waals surface area (Å²) in [5.41, 5.74) is 1.46. The Morgan fingerprint density at radius 3 is 2.36 bits per heavy atom. The lowest BCUT2D eigenvalue weighted by molar-refractivity contribution is -0.122. The highest BCUT2D eigenvalue weighted by Gasteiger charge is 2.10. The number of nitrogens with zero attached hydrogens (tertiary/aromatic N) is 3. The van der Waals surface area contributed by atoms with Crippen molar-refractivity contribution in [3.63, 3.8) is 0 Å². The lowest BCUT2D eigenvalue weighted by atomic mass is 10.0. The molecule has 0 saturated heterocycles. The van der Waals surface area contributed by atoms with E-state index in [9.17, 15) is 9.59 Å². The summed E-state index contributed by atoms with van der Waals surface area (Å²) in [6.07, 6.45) is 5.45. The summed E-state index contributed by atoms with van der Waals surface area (Å²) in [7, 11) is 0. The fourth-order valence-corrected chi connectivity index (χ4v) is 2.76. The summed E-state index contributed by atoms with van der Waals surface area (Å²) in [5, 5.41) is 8.25.